The maximum Gasteiger partial charge on any atom is 0.143 e. The summed E-state index contributed by atoms with van der Waals surface area (Å²) in [6, 6.07) is 22.4. The van der Waals surface area contributed by atoms with Crippen molar-refractivity contribution >= 4 is 72.7 Å². The Morgan fingerprint density at radius 2 is 1.00 bits per heavy atom. The molecule has 28 heavy (non-hydrogen) atoms. The molecule has 0 aliphatic carbocycles. The summed E-state index contributed by atoms with van der Waals surface area (Å²) in [7, 11) is 14.9. The van der Waals surface area contributed by atoms with E-state index in [4.69, 9.17) is 44.5 Å². The molecular weight excluding hydrogens is 492 g/mol. The second kappa shape index (κ2) is 9.10. The van der Waals surface area contributed by atoms with E-state index >= 15 is 0 Å². The number of halogens is 3. The minimum atomic E-state index is -1.77. The topological polar surface area (TPSA) is 38.7 Å². The van der Waals surface area contributed by atoms with Crippen molar-refractivity contribution in [2.75, 3.05) is 0 Å². The van der Waals surface area contributed by atoms with Gasteiger partial charge in [0.1, 0.15) is 10.0 Å². The number of fused-ring (bicyclic) bond motifs is 2. The van der Waals surface area contributed by atoms with Crippen molar-refractivity contribution in [1.82, 2.24) is 15.0 Å². The predicted molar refractivity (Wildman–Crippen MR) is 119 cm³/mol. The van der Waals surface area contributed by atoms with Crippen LogP contribution in [0.5, 0.6) is 0 Å². The van der Waals surface area contributed by atoms with Gasteiger partial charge in [0.2, 0.25) is 0 Å². The van der Waals surface area contributed by atoms with Crippen molar-refractivity contribution in [1.29, 1.82) is 0 Å². The monoisotopic (exact) mass is 501 g/mol. The van der Waals surface area contributed by atoms with Crippen molar-refractivity contribution in [2.24, 2.45) is 0 Å². The van der Waals surface area contributed by atoms with Crippen molar-refractivity contribution in [3.05, 3.63) is 66.7 Å². The fraction of sp³-hybridized carbons (Fsp3) is 0. The molecule has 0 aliphatic heterocycles. The third-order valence-corrected chi connectivity index (χ3v) is 5.89. The van der Waals surface area contributed by atoms with Crippen LogP contribution in [-0.4, -0.2) is 15.0 Å². The van der Waals surface area contributed by atoms with E-state index < -0.39 is 12.3 Å². The van der Waals surface area contributed by atoms with Crippen LogP contribution >= 0.6 is 52.2 Å². The number of hydrogen-bond acceptors (Lipinski definition) is 5. The molecule has 0 unspecified atom stereocenters. The normalized spacial score (nSPS) is 11.0. The van der Waals surface area contributed by atoms with Gasteiger partial charge in [0.15, 0.2) is 0 Å². The van der Waals surface area contributed by atoms with Gasteiger partial charge in [-0.3, -0.25) is 0 Å². The maximum atomic E-state index is 4.95. The average Bonchev–Trinajstić information content (AvgIpc) is 3.32. The number of hydrogen-bond donors (Lipinski definition) is 0. The summed E-state index contributed by atoms with van der Waals surface area (Å²) in [6.07, 6.45) is 0. The van der Waals surface area contributed by atoms with Gasteiger partial charge in [-0.25, -0.2) is 15.0 Å². The zero-order valence-corrected chi connectivity index (χ0v) is 19.4. The summed E-state index contributed by atoms with van der Waals surface area (Å²) in [5, 5.41) is 1.89. The number of pyridine rings is 1. The molecule has 0 radical (unpaired) electrons. The van der Waals surface area contributed by atoms with E-state index in [9.17, 15) is 0 Å². The molecule has 0 spiro atoms. The molecule has 3 nitrogen and oxygen atoms in total. The van der Waals surface area contributed by atoms with Crippen LogP contribution in [0.3, 0.4) is 0 Å². The Balaban J connectivity index is 0.000000442. The van der Waals surface area contributed by atoms with Crippen LogP contribution in [0, 0.1) is 0 Å². The molecule has 140 valence electrons. The molecule has 2 aromatic carbocycles. The zero-order chi connectivity index (χ0) is 19.5. The SMILES string of the molecule is [Cl][V]([Cl])[Cl].c1cc(-c2nc3ccccc3s2)nc(-c2nc3ccccc3s2)c1. The second-order valence-electron chi connectivity index (χ2n) is 5.57. The molecule has 3 heterocycles. The summed E-state index contributed by atoms with van der Waals surface area (Å²) in [6.45, 7) is 0. The molecule has 5 rings (SSSR count). The first-order chi connectivity index (χ1) is 13.6. The molecule has 5 aromatic rings. The Bertz CT molecular complexity index is 1080. The van der Waals surface area contributed by atoms with Crippen molar-refractivity contribution in [3.8, 4) is 21.4 Å². The number of benzene rings is 2. The first kappa shape index (κ1) is 20.1. The third-order valence-electron chi connectivity index (χ3n) is 3.78. The Kier molecular flexibility index (Phi) is 6.53. The fourth-order valence-corrected chi connectivity index (χ4v) is 4.51. The fourth-order valence-electron chi connectivity index (χ4n) is 2.64. The van der Waals surface area contributed by atoms with Gasteiger partial charge in [-0.1, -0.05) is 30.3 Å². The van der Waals surface area contributed by atoms with Crippen LogP contribution in [0.1, 0.15) is 0 Å². The van der Waals surface area contributed by atoms with Gasteiger partial charge in [0, 0.05) is 0 Å². The minimum Gasteiger partial charge on any atom is -0.243 e. The van der Waals surface area contributed by atoms with Gasteiger partial charge in [-0.15, -0.1) is 22.7 Å². The number of para-hydroxylation sites is 2. The second-order valence-corrected chi connectivity index (χ2v) is 14.6. The van der Waals surface area contributed by atoms with Gasteiger partial charge >= 0.3 is 41.8 Å². The summed E-state index contributed by atoms with van der Waals surface area (Å²) >= 11 is 1.57. The van der Waals surface area contributed by atoms with Crippen molar-refractivity contribution < 1.29 is 12.3 Å². The molecule has 0 aliphatic rings. The molecule has 0 saturated carbocycles. The smallest absolute Gasteiger partial charge is 0.143 e. The minimum absolute atomic E-state index is 0.896. The van der Waals surface area contributed by atoms with Crippen LogP contribution < -0.4 is 0 Å². The maximum absolute atomic E-state index is 4.95. The molecule has 0 atom stereocenters. The first-order valence-corrected chi connectivity index (χ1v) is 15.5. The number of aromatic nitrogens is 3. The molecule has 0 N–H and O–H groups in total. The van der Waals surface area contributed by atoms with E-state index in [1.54, 1.807) is 22.7 Å². The van der Waals surface area contributed by atoms with Crippen LogP contribution in [0.4, 0.5) is 0 Å². The molecule has 3 aromatic heterocycles. The third kappa shape index (κ3) is 4.69. The molecule has 0 saturated heterocycles. The number of nitrogens with zero attached hydrogens (tertiary/aromatic N) is 3. The van der Waals surface area contributed by atoms with Gasteiger partial charge < -0.3 is 0 Å². The summed E-state index contributed by atoms with van der Waals surface area (Å²) in [4.78, 5) is 14.2. The summed E-state index contributed by atoms with van der Waals surface area (Å²) in [5.41, 5.74) is 3.83. The summed E-state index contributed by atoms with van der Waals surface area (Å²) in [5.74, 6) is 0. The largest absolute Gasteiger partial charge is 0.243 e. The van der Waals surface area contributed by atoms with E-state index in [0.717, 1.165) is 32.4 Å². The molecule has 0 fully saturated rings. The van der Waals surface area contributed by atoms with Crippen LogP contribution in [0.2, 0.25) is 0 Å². The van der Waals surface area contributed by atoms with Crippen molar-refractivity contribution in [3.63, 3.8) is 0 Å². The molecule has 0 amide bonds. The van der Waals surface area contributed by atoms with Crippen LogP contribution in [-0.2, 0) is 12.3 Å². The Hall–Kier alpha value is -1.18. The molecular formula is C19H11Cl3N3S2V. The van der Waals surface area contributed by atoms with Gasteiger partial charge in [0.25, 0.3) is 0 Å². The number of rotatable bonds is 2. The average molecular weight is 503 g/mol. The predicted octanol–water partition coefficient (Wildman–Crippen LogP) is 7.70. The van der Waals surface area contributed by atoms with E-state index in [1.807, 2.05) is 54.6 Å². The van der Waals surface area contributed by atoms with Crippen LogP contribution in [0.25, 0.3) is 41.8 Å². The van der Waals surface area contributed by atoms with Gasteiger partial charge in [0.05, 0.1) is 31.8 Å². The number of thiazole rings is 2. The first-order valence-electron chi connectivity index (χ1n) is 8.06. The Morgan fingerprint density at radius 1 is 0.571 bits per heavy atom. The van der Waals surface area contributed by atoms with E-state index in [-0.39, 0.29) is 0 Å². The van der Waals surface area contributed by atoms with E-state index in [1.165, 1.54) is 9.40 Å². The Labute approximate surface area is 186 Å². The molecule has 9 heteroatoms. The molecule has 0 bridgehead atoms. The van der Waals surface area contributed by atoms with E-state index in [0.29, 0.717) is 0 Å². The van der Waals surface area contributed by atoms with Crippen LogP contribution in [0.15, 0.2) is 66.7 Å². The quantitative estimate of drug-likeness (QED) is 0.248. The standard InChI is InChI=1S/C19H11N3S2.3ClH.V/c1-3-10-16-12(6-1)21-18(23-16)14-8-5-9-15(20-14)19-22-13-7-2-4-11-17(13)24-19;;;;/h1-11H;3*1H;/q;;;;+3/p-3. The summed E-state index contributed by atoms with van der Waals surface area (Å²) < 4.78 is 2.36. The zero-order valence-electron chi connectivity index (χ0n) is 14.1. The van der Waals surface area contributed by atoms with E-state index in [2.05, 4.69) is 12.1 Å². The van der Waals surface area contributed by atoms with Crippen molar-refractivity contribution in [2.45, 2.75) is 0 Å². The van der Waals surface area contributed by atoms with Gasteiger partial charge in [-0.05, 0) is 36.4 Å². The van der Waals surface area contributed by atoms with Gasteiger partial charge in [-0.2, -0.15) is 0 Å². The Morgan fingerprint density at radius 3 is 1.43 bits per heavy atom.